The molecule has 0 aliphatic rings. The molecular weight excluding hydrogens is 341 g/mol. The molecule has 0 spiro atoms. The van der Waals surface area contributed by atoms with Crippen molar-refractivity contribution in [3.8, 4) is 0 Å². The van der Waals surface area contributed by atoms with Gasteiger partial charge in [-0.3, -0.25) is 8.63 Å². The first-order valence-electron chi connectivity index (χ1n) is 8.65. The second-order valence-electron chi connectivity index (χ2n) is 5.97. The van der Waals surface area contributed by atoms with Crippen LogP contribution in [0, 0.1) is 0 Å². The van der Waals surface area contributed by atoms with Crippen molar-refractivity contribution in [1.82, 2.24) is 0 Å². The monoisotopic (exact) mass is 360 g/mol. The number of aliphatic imine (C=N–C) groups is 1. The quantitative estimate of drug-likeness (QED) is 0.381. The van der Waals surface area contributed by atoms with Gasteiger partial charge in [-0.25, -0.2) is 4.99 Å². The number of hydrogen-bond donors (Lipinski definition) is 0. The summed E-state index contributed by atoms with van der Waals surface area (Å²) in [6, 6.07) is 27.7. The molecule has 0 radical (unpaired) electrons. The Morgan fingerprint density at radius 1 is 0.815 bits per heavy atom. The molecule has 0 saturated heterocycles. The molecule has 0 bridgehead atoms. The SMILES string of the molecule is C/C(=C\C(=Nc1ccccc1)c1ccccc1)N(B(F)F)c1ccccc1. The van der Waals surface area contributed by atoms with E-state index in [-0.39, 0.29) is 0 Å². The maximum absolute atomic E-state index is 13.8. The van der Waals surface area contributed by atoms with Gasteiger partial charge in [0.25, 0.3) is 0 Å². The Bertz CT molecular complexity index is 911. The van der Waals surface area contributed by atoms with Gasteiger partial charge in [0.1, 0.15) is 0 Å². The van der Waals surface area contributed by atoms with Gasteiger partial charge in [0, 0.05) is 16.9 Å². The predicted molar refractivity (Wildman–Crippen MR) is 110 cm³/mol. The van der Waals surface area contributed by atoms with Gasteiger partial charge in [-0.1, -0.05) is 66.7 Å². The lowest BCUT2D eigenvalue weighted by Crippen LogP contribution is -2.31. The third-order valence-corrected chi connectivity index (χ3v) is 4.03. The van der Waals surface area contributed by atoms with Crippen LogP contribution in [0.4, 0.5) is 20.0 Å². The summed E-state index contributed by atoms with van der Waals surface area (Å²) < 4.78 is 27.5. The summed E-state index contributed by atoms with van der Waals surface area (Å²) in [6.07, 6.45) is 1.70. The average Bonchev–Trinajstić information content (AvgIpc) is 2.69. The first kappa shape index (κ1) is 18.6. The number of rotatable bonds is 6. The topological polar surface area (TPSA) is 15.6 Å². The molecule has 0 fully saturated rings. The molecular formula is C22H19BF2N2. The highest BCUT2D eigenvalue weighted by Crippen LogP contribution is 2.23. The zero-order valence-electron chi connectivity index (χ0n) is 15.0. The van der Waals surface area contributed by atoms with Crippen LogP contribution in [0.2, 0.25) is 0 Å². The van der Waals surface area contributed by atoms with Gasteiger partial charge < -0.3 is 4.81 Å². The van der Waals surface area contributed by atoms with Crippen molar-refractivity contribution in [2.75, 3.05) is 4.81 Å². The maximum Gasteiger partial charge on any atom is 0.677 e. The molecule has 27 heavy (non-hydrogen) atoms. The van der Waals surface area contributed by atoms with E-state index >= 15 is 0 Å². The number of nitrogens with zero attached hydrogens (tertiary/aromatic N) is 2. The largest absolute Gasteiger partial charge is 0.677 e. The van der Waals surface area contributed by atoms with Crippen molar-refractivity contribution in [2.45, 2.75) is 6.92 Å². The number of allylic oxidation sites excluding steroid dienone is 2. The summed E-state index contributed by atoms with van der Waals surface area (Å²) >= 11 is 0. The van der Waals surface area contributed by atoms with Crippen molar-refractivity contribution in [1.29, 1.82) is 0 Å². The predicted octanol–water partition coefficient (Wildman–Crippen LogP) is 6.14. The van der Waals surface area contributed by atoms with E-state index in [0.29, 0.717) is 17.1 Å². The van der Waals surface area contributed by atoms with Crippen molar-refractivity contribution in [3.05, 3.63) is 108 Å². The van der Waals surface area contributed by atoms with Crippen LogP contribution in [-0.4, -0.2) is 13.1 Å². The van der Waals surface area contributed by atoms with E-state index in [2.05, 4.69) is 4.99 Å². The average molecular weight is 360 g/mol. The third-order valence-electron chi connectivity index (χ3n) is 4.03. The Balaban J connectivity index is 2.05. The van der Waals surface area contributed by atoms with Crippen LogP contribution in [0.15, 0.2) is 108 Å². The van der Waals surface area contributed by atoms with Crippen LogP contribution in [0.5, 0.6) is 0 Å². The highest BCUT2D eigenvalue weighted by atomic mass is 19.2. The lowest BCUT2D eigenvalue weighted by atomic mass is 10.0. The highest BCUT2D eigenvalue weighted by Gasteiger charge is 2.27. The van der Waals surface area contributed by atoms with Gasteiger partial charge >= 0.3 is 7.40 Å². The second kappa shape index (κ2) is 8.94. The van der Waals surface area contributed by atoms with E-state index in [9.17, 15) is 8.63 Å². The molecule has 3 aromatic carbocycles. The summed E-state index contributed by atoms with van der Waals surface area (Å²) in [4.78, 5) is 5.68. The van der Waals surface area contributed by atoms with Crippen molar-refractivity contribution >= 4 is 24.5 Å². The Labute approximate surface area is 158 Å². The molecule has 0 aromatic heterocycles. The zero-order chi connectivity index (χ0) is 19.1. The lowest BCUT2D eigenvalue weighted by Gasteiger charge is -2.23. The fourth-order valence-corrected chi connectivity index (χ4v) is 2.76. The number of anilines is 1. The van der Waals surface area contributed by atoms with Crippen LogP contribution in [0.3, 0.4) is 0 Å². The highest BCUT2D eigenvalue weighted by molar-refractivity contribution is 6.49. The van der Waals surface area contributed by atoms with Crippen molar-refractivity contribution in [3.63, 3.8) is 0 Å². The minimum absolute atomic E-state index is 0.412. The first-order chi connectivity index (χ1) is 13.1. The zero-order valence-corrected chi connectivity index (χ0v) is 15.0. The van der Waals surface area contributed by atoms with Crippen molar-refractivity contribution in [2.24, 2.45) is 4.99 Å². The van der Waals surface area contributed by atoms with Gasteiger partial charge in [-0.15, -0.1) is 0 Å². The number of hydrogen-bond acceptors (Lipinski definition) is 2. The lowest BCUT2D eigenvalue weighted by molar-refractivity contribution is 0.651. The van der Waals surface area contributed by atoms with Gasteiger partial charge in [0.2, 0.25) is 0 Å². The fraction of sp³-hybridized carbons (Fsp3) is 0.0455. The van der Waals surface area contributed by atoms with E-state index in [1.54, 1.807) is 43.3 Å². The summed E-state index contributed by atoms with van der Waals surface area (Å²) in [5.41, 5.74) is 3.11. The molecule has 0 unspecified atom stereocenters. The standard InChI is InChI=1S/C22H19BF2N2/c1-18(27(23(24)25)21-15-9-4-10-16-21)17-22(19-11-5-2-6-12-19)26-20-13-7-3-8-14-20/h2-17H,1H3/b18-17+,26-22?. The molecule has 3 aromatic rings. The summed E-state index contributed by atoms with van der Waals surface area (Å²) in [5.74, 6) is 0. The van der Waals surface area contributed by atoms with Crippen molar-refractivity contribution < 1.29 is 8.63 Å². The fourth-order valence-electron chi connectivity index (χ4n) is 2.76. The van der Waals surface area contributed by atoms with E-state index in [0.717, 1.165) is 16.1 Å². The third kappa shape index (κ3) is 4.91. The van der Waals surface area contributed by atoms with E-state index in [1.165, 1.54) is 0 Å². The summed E-state index contributed by atoms with van der Waals surface area (Å²) in [6.45, 7) is 1.67. The molecule has 0 N–H and O–H groups in total. The Kier molecular flexibility index (Phi) is 6.16. The molecule has 0 aliphatic carbocycles. The smallest absolute Gasteiger partial charge is 0.330 e. The summed E-state index contributed by atoms with van der Waals surface area (Å²) in [5, 5.41) is 0. The Morgan fingerprint density at radius 3 is 1.89 bits per heavy atom. The molecule has 0 saturated carbocycles. The summed E-state index contributed by atoms with van der Waals surface area (Å²) in [7, 11) is -2.66. The van der Waals surface area contributed by atoms with E-state index < -0.39 is 7.40 Å². The van der Waals surface area contributed by atoms with E-state index in [1.807, 2.05) is 60.7 Å². The molecule has 0 amide bonds. The van der Waals surface area contributed by atoms with Crippen LogP contribution in [0.1, 0.15) is 12.5 Å². The molecule has 0 heterocycles. The molecule has 2 nitrogen and oxygen atoms in total. The van der Waals surface area contributed by atoms with Gasteiger partial charge in [-0.05, 0) is 37.3 Å². The van der Waals surface area contributed by atoms with Crippen LogP contribution in [0.25, 0.3) is 0 Å². The first-order valence-corrected chi connectivity index (χ1v) is 8.65. The van der Waals surface area contributed by atoms with E-state index in [4.69, 9.17) is 0 Å². The van der Waals surface area contributed by atoms with Gasteiger partial charge in [0.05, 0.1) is 11.4 Å². The molecule has 0 aliphatic heterocycles. The minimum atomic E-state index is -2.66. The Hall–Kier alpha value is -3.21. The number of halogens is 2. The molecule has 5 heteroatoms. The Morgan fingerprint density at radius 2 is 1.33 bits per heavy atom. The molecule has 134 valence electrons. The van der Waals surface area contributed by atoms with Crippen LogP contribution in [-0.2, 0) is 0 Å². The normalized spacial score (nSPS) is 12.0. The number of para-hydroxylation sites is 2. The van der Waals surface area contributed by atoms with Gasteiger partial charge in [-0.2, -0.15) is 0 Å². The molecule has 0 atom stereocenters. The maximum atomic E-state index is 13.8. The van der Waals surface area contributed by atoms with Crippen LogP contribution < -0.4 is 4.81 Å². The number of benzene rings is 3. The van der Waals surface area contributed by atoms with Crippen LogP contribution >= 0.6 is 0 Å². The van der Waals surface area contributed by atoms with Gasteiger partial charge in [0.15, 0.2) is 0 Å². The second-order valence-corrected chi connectivity index (χ2v) is 5.97. The molecule has 3 rings (SSSR count). The minimum Gasteiger partial charge on any atom is -0.330 e.